The van der Waals surface area contributed by atoms with Crippen LogP contribution < -0.4 is 0 Å². The Kier molecular flexibility index (Phi) is 4.42. The van der Waals surface area contributed by atoms with Crippen molar-refractivity contribution >= 4 is 17.7 Å². The van der Waals surface area contributed by atoms with Gasteiger partial charge in [0.05, 0.1) is 11.1 Å². The molecule has 2 aliphatic rings. The molecule has 2 aliphatic heterocycles. The number of hydrogen-bond acceptors (Lipinski definition) is 3. The number of allylic oxidation sites excluding steroid dienone is 2. The van der Waals surface area contributed by atoms with E-state index >= 15 is 0 Å². The number of fused-ring (bicyclic) bond motifs is 1. The van der Waals surface area contributed by atoms with Crippen LogP contribution >= 0.6 is 0 Å². The SMILES string of the molecule is O=C(C(Cc1ccccc1)N1C(=O)c2ccccc2C1=O)N1C=CCC=C1. The molecule has 0 aliphatic carbocycles. The average Bonchev–Trinajstić information content (AvgIpc) is 2.98. The lowest BCUT2D eigenvalue weighted by Gasteiger charge is -2.29. The molecule has 3 amide bonds. The van der Waals surface area contributed by atoms with Crippen LogP contribution in [-0.2, 0) is 11.2 Å². The van der Waals surface area contributed by atoms with E-state index in [1.165, 1.54) is 4.90 Å². The standard InChI is InChI=1S/C22H18N2O3/c25-20-17-11-5-6-12-18(17)21(26)24(20)19(15-16-9-3-1-4-10-16)22(27)23-13-7-2-8-14-23/h1,3-14,19H,2,15H2. The number of amides is 3. The van der Waals surface area contributed by atoms with E-state index in [-0.39, 0.29) is 12.3 Å². The van der Waals surface area contributed by atoms with Gasteiger partial charge in [-0.1, -0.05) is 54.6 Å². The molecule has 0 spiro atoms. The molecule has 0 N–H and O–H groups in total. The van der Waals surface area contributed by atoms with Gasteiger partial charge in [0.15, 0.2) is 0 Å². The minimum Gasteiger partial charge on any atom is -0.293 e. The first kappa shape index (κ1) is 17.0. The highest BCUT2D eigenvalue weighted by molar-refractivity contribution is 6.22. The van der Waals surface area contributed by atoms with E-state index < -0.39 is 17.9 Å². The van der Waals surface area contributed by atoms with Crippen LogP contribution in [0.3, 0.4) is 0 Å². The van der Waals surface area contributed by atoms with Crippen LogP contribution in [0, 0.1) is 0 Å². The van der Waals surface area contributed by atoms with Crippen LogP contribution in [0.1, 0.15) is 32.7 Å². The van der Waals surface area contributed by atoms with Crippen molar-refractivity contribution in [3.63, 3.8) is 0 Å². The highest BCUT2D eigenvalue weighted by atomic mass is 16.2. The average molecular weight is 358 g/mol. The number of carbonyl (C=O) groups is 3. The molecular formula is C22H18N2O3. The normalized spacial score (nSPS) is 16.6. The van der Waals surface area contributed by atoms with E-state index in [0.717, 1.165) is 16.9 Å². The van der Waals surface area contributed by atoms with Gasteiger partial charge in [0.25, 0.3) is 17.7 Å². The summed E-state index contributed by atoms with van der Waals surface area (Å²) in [5.74, 6) is -1.15. The number of carbonyl (C=O) groups excluding carboxylic acids is 3. The Labute approximate surface area is 157 Å². The van der Waals surface area contributed by atoms with E-state index in [4.69, 9.17) is 0 Å². The van der Waals surface area contributed by atoms with Gasteiger partial charge in [-0.25, -0.2) is 0 Å². The maximum absolute atomic E-state index is 13.2. The Morgan fingerprint density at radius 3 is 2.00 bits per heavy atom. The lowest BCUT2D eigenvalue weighted by atomic mass is 10.0. The Hall–Kier alpha value is -3.47. The van der Waals surface area contributed by atoms with Crippen molar-refractivity contribution < 1.29 is 14.4 Å². The molecule has 0 fully saturated rings. The molecule has 5 nitrogen and oxygen atoms in total. The van der Waals surface area contributed by atoms with Gasteiger partial charge < -0.3 is 0 Å². The predicted octanol–water partition coefficient (Wildman–Crippen LogP) is 3.15. The molecule has 4 rings (SSSR count). The van der Waals surface area contributed by atoms with Crippen molar-refractivity contribution in [1.82, 2.24) is 9.80 Å². The first-order chi connectivity index (χ1) is 13.2. The van der Waals surface area contributed by atoms with Gasteiger partial charge in [-0.15, -0.1) is 0 Å². The van der Waals surface area contributed by atoms with E-state index in [9.17, 15) is 14.4 Å². The number of benzene rings is 2. The highest BCUT2D eigenvalue weighted by Gasteiger charge is 2.43. The zero-order chi connectivity index (χ0) is 18.8. The number of imide groups is 1. The van der Waals surface area contributed by atoms with Gasteiger partial charge >= 0.3 is 0 Å². The summed E-state index contributed by atoms with van der Waals surface area (Å²) in [6.07, 6.45) is 8.10. The van der Waals surface area contributed by atoms with Crippen molar-refractivity contribution in [2.24, 2.45) is 0 Å². The zero-order valence-electron chi connectivity index (χ0n) is 14.6. The van der Waals surface area contributed by atoms with Crippen molar-refractivity contribution in [3.8, 4) is 0 Å². The lowest BCUT2D eigenvalue weighted by Crippen LogP contribution is -2.50. The van der Waals surface area contributed by atoms with Gasteiger partial charge in [0.1, 0.15) is 6.04 Å². The fourth-order valence-electron chi connectivity index (χ4n) is 3.41. The van der Waals surface area contributed by atoms with E-state index in [2.05, 4.69) is 0 Å². The van der Waals surface area contributed by atoms with E-state index in [1.807, 2.05) is 42.5 Å². The van der Waals surface area contributed by atoms with Crippen LogP contribution in [0.15, 0.2) is 79.1 Å². The molecule has 0 radical (unpaired) electrons. The van der Waals surface area contributed by atoms with Crippen LogP contribution in [0.25, 0.3) is 0 Å². The van der Waals surface area contributed by atoms with Crippen molar-refractivity contribution in [2.45, 2.75) is 18.9 Å². The third-order valence-electron chi connectivity index (χ3n) is 4.75. The van der Waals surface area contributed by atoms with Crippen LogP contribution in [0.5, 0.6) is 0 Å². The molecular weight excluding hydrogens is 340 g/mol. The monoisotopic (exact) mass is 358 g/mol. The molecule has 0 bridgehead atoms. The topological polar surface area (TPSA) is 57.7 Å². The molecule has 0 aromatic heterocycles. The summed E-state index contributed by atoms with van der Waals surface area (Å²) in [6.45, 7) is 0. The first-order valence-corrected chi connectivity index (χ1v) is 8.83. The fourth-order valence-corrected chi connectivity index (χ4v) is 3.41. The lowest BCUT2D eigenvalue weighted by molar-refractivity contribution is -0.130. The van der Waals surface area contributed by atoms with Crippen LogP contribution in [0.4, 0.5) is 0 Å². The Morgan fingerprint density at radius 1 is 0.852 bits per heavy atom. The van der Waals surface area contributed by atoms with E-state index in [0.29, 0.717) is 11.1 Å². The van der Waals surface area contributed by atoms with Gasteiger partial charge in [0, 0.05) is 18.8 Å². The van der Waals surface area contributed by atoms with Gasteiger partial charge in [-0.3, -0.25) is 24.2 Å². The fraction of sp³-hybridized carbons (Fsp3) is 0.136. The van der Waals surface area contributed by atoms with Crippen LogP contribution in [0.2, 0.25) is 0 Å². The Morgan fingerprint density at radius 2 is 1.41 bits per heavy atom. The first-order valence-electron chi connectivity index (χ1n) is 8.83. The van der Waals surface area contributed by atoms with Crippen molar-refractivity contribution in [3.05, 3.63) is 95.8 Å². The minimum atomic E-state index is -0.910. The number of nitrogens with zero attached hydrogens (tertiary/aromatic N) is 2. The maximum atomic E-state index is 13.2. The summed E-state index contributed by atoms with van der Waals surface area (Å²) in [5, 5.41) is 0. The number of hydrogen-bond donors (Lipinski definition) is 0. The number of rotatable bonds is 4. The van der Waals surface area contributed by atoms with Gasteiger partial charge in [-0.05, 0) is 24.1 Å². The molecule has 2 aromatic carbocycles. The highest BCUT2D eigenvalue weighted by Crippen LogP contribution is 2.27. The third-order valence-corrected chi connectivity index (χ3v) is 4.75. The molecule has 2 aromatic rings. The van der Waals surface area contributed by atoms with Crippen LogP contribution in [-0.4, -0.2) is 33.6 Å². The molecule has 1 unspecified atom stereocenters. The van der Waals surface area contributed by atoms with E-state index in [1.54, 1.807) is 36.7 Å². The summed E-state index contributed by atoms with van der Waals surface area (Å²) < 4.78 is 0. The Balaban J connectivity index is 1.72. The summed E-state index contributed by atoms with van der Waals surface area (Å²) in [6, 6.07) is 15.2. The molecule has 0 saturated carbocycles. The predicted molar refractivity (Wildman–Crippen MR) is 101 cm³/mol. The van der Waals surface area contributed by atoms with Crippen molar-refractivity contribution in [2.75, 3.05) is 0 Å². The second-order valence-corrected chi connectivity index (χ2v) is 6.48. The minimum absolute atomic E-state index is 0.267. The largest absolute Gasteiger partial charge is 0.293 e. The molecule has 1 atom stereocenters. The summed E-state index contributed by atoms with van der Waals surface area (Å²) in [4.78, 5) is 41.6. The maximum Gasteiger partial charge on any atom is 0.262 e. The molecule has 0 saturated heterocycles. The quantitative estimate of drug-likeness (QED) is 0.789. The molecule has 27 heavy (non-hydrogen) atoms. The molecule has 5 heteroatoms. The summed E-state index contributed by atoms with van der Waals surface area (Å²) in [7, 11) is 0. The second kappa shape index (κ2) is 7.03. The smallest absolute Gasteiger partial charge is 0.262 e. The summed E-state index contributed by atoms with van der Waals surface area (Å²) in [5.41, 5.74) is 1.58. The van der Waals surface area contributed by atoms with Gasteiger partial charge in [0.2, 0.25) is 0 Å². The third kappa shape index (κ3) is 3.08. The second-order valence-electron chi connectivity index (χ2n) is 6.48. The van der Waals surface area contributed by atoms with Gasteiger partial charge in [-0.2, -0.15) is 0 Å². The summed E-state index contributed by atoms with van der Waals surface area (Å²) >= 11 is 0. The van der Waals surface area contributed by atoms with Crippen molar-refractivity contribution in [1.29, 1.82) is 0 Å². The molecule has 2 heterocycles. The Bertz CT molecular complexity index is 916. The zero-order valence-corrected chi connectivity index (χ0v) is 14.6. The molecule has 134 valence electrons.